The lowest BCUT2D eigenvalue weighted by atomic mass is 9.90. The van der Waals surface area contributed by atoms with Crippen molar-refractivity contribution in [1.29, 1.82) is 0 Å². The molecular formula is C26H26N2O3S. The molecule has 0 unspecified atom stereocenters. The first-order chi connectivity index (χ1) is 15.5. The van der Waals surface area contributed by atoms with E-state index in [9.17, 15) is 13.2 Å². The highest BCUT2D eigenvalue weighted by molar-refractivity contribution is 7.92. The Labute approximate surface area is 189 Å². The van der Waals surface area contributed by atoms with Gasteiger partial charge >= 0.3 is 0 Å². The number of piperidine rings is 1. The quantitative estimate of drug-likeness (QED) is 0.594. The predicted molar refractivity (Wildman–Crippen MR) is 125 cm³/mol. The number of benzene rings is 3. The second kappa shape index (κ2) is 8.43. The van der Waals surface area contributed by atoms with E-state index in [1.54, 1.807) is 36.4 Å². The van der Waals surface area contributed by atoms with Crippen LogP contribution in [-0.4, -0.2) is 38.9 Å². The molecule has 1 saturated heterocycles. The van der Waals surface area contributed by atoms with Gasteiger partial charge in [0.2, 0.25) is 15.7 Å². The van der Waals surface area contributed by atoms with Crippen molar-refractivity contribution in [2.75, 3.05) is 24.5 Å². The molecule has 32 heavy (non-hydrogen) atoms. The van der Waals surface area contributed by atoms with Crippen molar-refractivity contribution in [2.45, 2.75) is 29.1 Å². The van der Waals surface area contributed by atoms with Crippen LogP contribution in [0.5, 0.6) is 0 Å². The molecular weight excluding hydrogens is 420 g/mol. The van der Waals surface area contributed by atoms with Gasteiger partial charge in [0.25, 0.3) is 0 Å². The van der Waals surface area contributed by atoms with E-state index in [2.05, 4.69) is 24.3 Å². The molecule has 0 N–H and O–H groups in total. The SMILES string of the molecule is O=C(CN1c2ccccc2S(=O)(=O)c2ccccc21)N1CCC(Cc2ccccc2)CC1. The van der Waals surface area contributed by atoms with Gasteiger partial charge in [0.15, 0.2) is 0 Å². The van der Waals surface area contributed by atoms with Gasteiger partial charge in [0.1, 0.15) is 6.54 Å². The first-order valence-electron chi connectivity index (χ1n) is 11.1. The molecule has 0 spiro atoms. The van der Waals surface area contributed by atoms with Crippen molar-refractivity contribution in [3.05, 3.63) is 84.4 Å². The van der Waals surface area contributed by atoms with E-state index in [0.29, 0.717) is 17.3 Å². The van der Waals surface area contributed by atoms with Crippen LogP contribution in [-0.2, 0) is 21.1 Å². The van der Waals surface area contributed by atoms with E-state index in [1.807, 2.05) is 28.0 Å². The van der Waals surface area contributed by atoms with E-state index in [-0.39, 0.29) is 22.2 Å². The number of nitrogens with zero attached hydrogens (tertiary/aromatic N) is 2. The van der Waals surface area contributed by atoms with Crippen molar-refractivity contribution in [3.63, 3.8) is 0 Å². The number of anilines is 2. The summed E-state index contributed by atoms with van der Waals surface area (Å²) in [4.78, 5) is 17.5. The summed E-state index contributed by atoms with van der Waals surface area (Å²) in [5.41, 5.74) is 2.48. The summed E-state index contributed by atoms with van der Waals surface area (Å²) in [5, 5.41) is 0. The molecule has 6 heteroatoms. The number of likely N-dealkylation sites (tertiary alicyclic amines) is 1. The van der Waals surface area contributed by atoms with E-state index in [4.69, 9.17) is 0 Å². The average molecular weight is 447 g/mol. The molecule has 3 aromatic rings. The monoisotopic (exact) mass is 446 g/mol. The third-order valence-electron chi connectivity index (χ3n) is 6.52. The van der Waals surface area contributed by atoms with Crippen LogP contribution in [0.15, 0.2) is 88.7 Å². The number of hydrogen-bond acceptors (Lipinski definition) is 4. The highest BCUT2D eigenvalue weighted by Crippen LogP contribution is 2.43. The number of carbonyl (C=O) groups excluding carboxylic acids is 1. The lowest BCUT2D eigenvalue weighted by Crippen LogP contribution is -2.44. The molecule has 164 valence electrons. The number of para-hydroxylation sites is 2. The fourth-order valence-corrected chi connectivity index (χ4v) is 6.46. The fourth-order valence-electron chi connectivity index (χ4n) is 4.80. The number of amides is 1. The standard InChI is InChI=1S/C26H26N2O3S/c29-26(27-16-14-21(15-17-27)18-20-8-2-1-3-9-20)19-28-22-10-4-6-12-24(22)32(30,31)25-13-7-5-11-23(25)28/h1-13,21H,14-19H2. The summed E-state index contributed by atoms with van der Waals surface area (Å²) < 4.78 is 26.2. The van der Waals surface area contributed by atoms with Crippen molar-refractivity contribution in [1.82, 2.24) is 4.90 Å². The van der Waals surface area contributed by atoms with Crippen LogP contribution in [0, 0.1) is 5.92 Å². The Morgan fingerprint density at radius 1 is 0.781 bits per heavy atom. The molecule has 2 aliphatic rings. The molecule has 3 aromatic carbocycles. The van der Waals surface area contributed by atoms with Crippen molar-refractivity contribution in [3.8, 4) is 0 Å². The molecule has 0 aromatic heterocycles. The zero-order valence-corrected chi connectivity index (χ0v) is 18.7. The second-order valence-corrected chi connectivity index (χ2v) is 10.4. The Morgan fingerprint density at radius 3 is 1.91 bits per heavy atom. The second-order valence-electron chi connectivity index (χ2n) is 8.54. The average Bonchev–Trinajstić information content (AvgIpc) is 2.83. The van der Waals surface area contributed by atoms with Crippen LogP contribution in [0.2, 0.25) is 0 Å². The topological polar surface area (TPSA) is 57.7 Å². The lowest BCUT2D eigenvalue weighted by molar-refractivity contribution is -0.131. The van der Waals surface area contributed by atoms with Gasteiger partial charge in [-0.15, -0.1) is 0 Å². The molecule has 0 radical (unpaired) electrons. The van der Waals surface area contributed by atoms with Crippen LogP contribution in [0.1, 0.15) is 18.4 Å². The maximum Gasteiger partial charge on any atom is 0.242 e. The Bertz CT molecular complexity index is 1180. The van der Waals surface area contributed by atoms with Crippen LogP contribution in [0.25, 0.3) is 0 Å². The van der Waals surface area contributed by atoms with Crippen LogP contribution in [0.3, 0.4) is 0 Å². The largest absolute Gasteiger partial charge is 0.341 e. The van der Waals surface area contributed by atoms with Crippen LogP contribution in [0.4, 0.5) is 11.4 Å². The van der Waals surface area contributed by atoms with Gasteiger partial charge < -0.3 is 9.80 Å². The molecule has 2 aliphatic heterocycles. The molecule has 0 atom stereocenters. The van der Waals surface area contributed by atoms with E-state index in [0.717, 1.165) is 32.4 Å². The summed E-state index contributed by atoms with van der Waals surface area (Å²) in [7, 11) is -3.60. The predicted octanol–water partition coefficient (Wildman–Crippen LogP) is 4.45. The Balaban J connectivity index is 1.32. The first-order valence-corrected chi connectivity index (χ1v) is 12.5. The Morgan fingerprint density at radius 2 is 1.31 bits per heavy atom. The first kappa shape index (κ1) is 20.8. The molecule has 5 rings (SSSR count). The Hall–Kier alpha value is -3.12. The molecule has 5 nitrogen and oxygen atoms in total. The molecule has 0 aliphatic carbocycles. The van der Waals surface area contributed by atoms with Gasteiger partial charge in [0, 0.05) is 13.1 Å². The highest BCUT2D eigenvalue weighted by Gasteiger charge is 2.35. The van der Waals surface area contributed by atoms with Crippen molar-refractivity contribution in [2.24, 2.45) is 5.92 Å². The zero-order chi connectivity index (χ0) is 22.1. The summed E-state index contributed by atoms with van der Waals surface area (Å²) in [6.45, 7) is 1.62. The number of carbonyl (C=O) groups is 1. The Kier molecular flexibility index (Phi) is 5.47. The fraction of sp³-hybridized carbons (Fsp3) is 0.269. The lowest BCUT2D eigenvalue weighted by Gasteiger charge is -2.36. The minimum absolute atomic E-state index is 0.0343. The van der Waals surface area contributed by atoms with Gasteiger partial charge in [-0.05, 0) is 55.0 Å². The van der Waals surface area contributed by atoms with E-state index in [1.165, 1.54) is 5.56 Å². The third kappa shape index (κ3) is 3.79. The molecule has 1 amide bonds. The van der Waals surface area contributed by atoms with Gasteiger partial charge in [-0.1, -0.05) is 54.6 Å². The summed E-state index contributed by atoms with van der Waals surface area (Å²) in [6, 6.07) is 24.4. The normalized spacial score (nSPS) is 17.5. The summed E-state index contributed by atoms with van der Waals surface area (Å²) in [6.07, 6.45) is 3.03. The third-order valence-corrected chi connectivity index (χ3v) is 8.37. The van der Waals surface area contributed by atoms with Gasteiger partial charge in [-0.3, -0.25) is 4.79 Å². The van der Waals surface area contributed by atoms with E-state index >= 15 is 0 Å². The minimum atomic E-state index is -3.60. The van der Waals surface area contributed by atoms with Crippen molar-refractivity contribution < 1.29 is 13.2 Å². The van der Waals surface area contributed by atoms with Gasteiger partial charge in [-0.25, -0.2) is 8.42 Å². The number of fused-ring (bicyclic) bond motifs is 2. The van der Waals surface area contributed by atoms with E-state index < -0.39 is 9.84 Å². The maximum absolute atomic E-state index is 13.2. The highest BCUT2D eigenvalue weighted by atomic mass is 32.2. The molecule has 1 fully saturated rings. The maximum atomic E-state index is 13.2. The summed E-state index contributed by atoms with van der Waals surface area (Å²) in [5.74, 6) is 0.620. The number of rotatable bonds is 4. The van der Waals surface area contributed by atoms with Crippen molar-refractivity contribution >= 4 is 27.1 Å². The zero-order valence-electron chi connectivity index (χ0n) is 17.9. The number of sulfone groups is 1. The molecule has 0 bridgehead atoms. The van der Waals surface area contributed by atoms with Gasteiger partial charge in [0.05, 0.1) is 21.2 Å². The molecule has 2 heterocycles. The number of hydrogen-bond donors (Lipinski definition) is 0. The smallest absolute Gasteiger partial charge is 0.242 e. The van der Waals surface area contributed by atoms with Gasteiger partial charge in [-0.2, -0.15) is 0 Å². The minimum Gasteiger partial charge on any atom is -0.341 e. The molecule has 0 saturated carbocycles. The summed E-state index contributed by atoms with van der Waals surface area (Å²) >= 11 is 0. The van der Waals surface area contributed by atoms with Crippen LogP contribution < -0.4 is 4.90 Å². The van der Waals surface area contributed by atoms with Crippen LogP contribution >= 0.6 is 0 Å².